The van der Waals surface area contributed by atoms with Crippen LogP contribution in [0.3, 0.4) is 0 Å². The van der Waals surface area contributed by atoms with Crippen LogP contribution in [0.1, 0.15) is 12.0 Å². The van der Waals surface area contributed by atoms with E-state index in [1.807, 2.05) is 6.07 Å². The molecule has 0 spiro atoms. The highest BCUT2D eigenvalue weighted by Crippen LogP contribution is 2.35. The highest BCUT2D eigenvalue weighted by molar-refractivity contribution is 6.31. The van der Waals surface area contributed by atoms with Crippen LogP contribution in [0.4, 0.5) is 11.4 Å². The number of amides is 2. The molecule has 2 amide bonds. The largest absolute Gasteiger partial charge is 0.495 e. The molecule has 2 aromatic rings. The van der Waals surface area contributed by atoms with Crippen molar-refractivity contribution in [3.05, 3.63) is 53.1 Å². The molecule has 1 heterocycles. The molecule has 2 aromatic carbocycles. The minimum atomic E-state index is -0.484. The van der Waals surface area contributed by atoms with Gasteiger partial charge in [-0.3, -0.25) is 9.59 Å². The van der Waals surface area contributed by atoms with Crippen LogP contribution in [0.5, 0.6) is 5.75 Å². The Morgan fingerprint density at radius 2 is 2.04 bits per heavy atom. The molecule has 0 bridgehead atoms. The highest BCUT2D eigenvalue weighted by atomic mass is 35.5. The maximum absolute atomic E-state index is 12.5. The van der Waals surface area contributed by atoms with Gasteiger partial charge in [-0.1, -0.05) is 11.6 Å². The van der Waals surface area contributed by atoms with Crippen LogP contribution in [0.25, 0.3) is 0 Å². The van der Waals surface area contributed by atoms with Crippen LogP contribution in [-0.2, 0) is 9.59 Å². The Kier molecular flexibility index (Phi) is 5.10. The number of carbonyl (C=O) groups excluding carboxylic acids is 2. The van der Waals surface area contributed by atoms with Gasteiger partial charge in [-0.15, -0.1) is 0 Å². The van der Waals surface area contributed by atoms with E-state index in [0.29, 0.717) is 27.7 Å². The summed E-state index contributed by atoms with van der Waals surface area (Å²) in [5, 5.41) is 12.1. The summed E-state index contributed by atoms with van der Waals surface area (Å²) in [4.78, 5) is 26.4. The van der Waals surface area contributed by atoms with Crippen molar-refractivity contribution in [2.45, 2.75) is 6.42 Å². The normalized spacial score (nSPS) is 16.3. The van der Waals surface area contributed by atoms with Crippen LogP contribution in [0.2, 0.25) is 5.02 Å². The third-order valence-corrected chi connectivity index (χ3v) is 4.44. The van der Waals surface area contributed by atoms with Gasteiger partial charge in [0.25, 0.3) is 0 Å². The molecule has 0 aliphatic carbocycles. The number of carbonyl (C=O) groups is 2. The summed E-state index contributed by atoms with van der Waals surface area (Å²) in [7, 11) is 1.52. The molecule has 26 heavy (non-hydrogen) atoms. The van der Waals surface area contributed by atoms with Crippen molar-refractivity contribution in [3.8, 4) is 11.8 Å². The molecule has 0 radical (unpaired) electrons. The Balaban J connectivity index is 1.74. The molecular weight excluding hydrogens is 354 g/mol. The molecular formula is C19H16ClN3O3. The first-order valence-corrected chi connectivity index (χ1v) is 8.34. The maximum atomic E-state index is 12.5. The minimum Gasteiger partial charge on any atom is -0.495 e. The summed E-state index contributed by atoms with van der Waals surface area (Å²) in [6.45, 7) is 0.248. The first-order chi connectivity index (χ1) is 12.5. The molecule has 1 fully saturated rings. The molecule has 3 rings (SSSR count). The molecule has 132 valence electrons. The Morgan fingerprint density at radius 3 is 2.69 bits per heavy atom. The predicted octanol–water partition coefficient (Wildman–Crippen LogP) is 3.21. The van der Waals surface area contributed by atoms with Crippen molar-refractivity contribution < 1.29 is 14.3 Å². The second-order valence-electron chi connectivity index (χ2n) is 5.90. The zero-order valence-electron chi connectivity index (χ0n) is 14.0. The molecule has 1 atom stereocenters. The first kappa shape index (κ1) is 17.8. The molecule has 7 heteroatoms. The van der Waals surface area contributed by atoms with Gasteiger partial charge in [-0.2, -0.15) is 5.26 Å². The molecule has 6 nitrogen and oxygen atoms in total. The van der Waals surface area contributed by atoms with E-state index in [1.165, 1.54) is 12.0 Å². The minimum absolute atomic E-state index is 0.109. The number of nitrogens with zero attached hydrogens (tertiary/aromatic N) is 2. The number of methoxy groups -OCH3 is 1. The van der Waals surface area contributed by atoms with Crippen LogP contribution in [0.15, 0.2) is 42.5 Å². The molecule has 0 aromatic heterocycles. The lowest BCUT2D eigenvalue weighted by molar-refractivity contribution is -0.122. The number of nitriles is 1. The number of hydrogen-bond acceptors (Lipinski definition) is 4. The third-order valence-electron chi connectivity index (χ3n) is 4.21. The lowest BCUT2D eigenvalue weighted by atomic mass is 10.1. The molecule has 1 unspecified atom stereocenters. The van der Waals surface area contributed by atoms with Crippen LogP contribution in [-0.4, -0.2) is 25.5 Å². The Bertz CT molecular complexity index is 890. The predicted molar refractivity (Wildman–Crippen MR) is 98.3 cm³/mol. The summed E-state index contributed by atoms with van der Waals surface area (Å²) in [6.07, 6.45) is 0.109. The van der Waals surface area contributed by atoms with Gasteiger partial charge >= 0.3 is 0 Å². The van der Waals surface area contributed by atoms with Crippen molar-refractivity contribution in [2.24, 2.45) is 5.92 Å². The zero-order chi connectivity index (χ0) is 18.7. The van der Waals surface area contributed by atoms with E-state index in [0.717, 1.165) is 0 Å². The highest BCUT2D eigenvalue weighted by Gasteiger charge is 2.36. The Hall–Kier alpha value is -3.04. The summed E-state index contributed by atoms with van der Waals surface area (Å²) < 4.78 is 5.29. The molecule has 1 aliphatic rings. The topological polar surface area (TPSA) is 82.4 Å². The van der Waals surface area contributed by atoms with E-state index in [-0.39, 0.29) is 24.8 Å². The summed E-state index contributed by atoms with van der Waals surface area (Å²) in [6, 6.07) is 13.6. The van der Waals surface area contributed by atoms with Crippen LogP contribution < -0.4 is 15.0 Å². The van der Waals surface area contributed by atoms with Crippen LogP contribution >= 0.6 is 11.6 Å². The molecule has 0 saturated carbocycles. The van der Waals surface area contributed by atoms with Gasteiger partial charge in [-0.05, 0) is 42.5 Å². The fourth-order valence-corrected chi connectivity index (χ4v) is 3.03. The summed E-state index contributed by atoms with van der Waals surface area (Å²) >= 11 is 6.04. The van der Waals surface area contributed by atoms with Gasteiger partial charge < -0.3 is 15.0 Å². The standard InChI is InChI=1S/C19H16ClN3O3/c1-26-17-7-4-14(20)9-16(17)23-11-13(8-18(23)24)19(25)22-15-5-2-12(10-21)3-6-15/h2-7,9,13H,8,11H2,1H3,(H,22,25). The van der Waals surface area contributed by atoms with Gasteiger partial charge in [0, 0.05) is 23.7 Å². The number of hydrogen-bond donors (Lipinski definition) is 1. The monoisotopic (exact) mass is 369 g/mol. The average molecular weight is 370 g/mol. The Labute approximate surface area is 155 Å². The SMILES string of the molecule is COc1ccc(Cl)cc1N1CC(C(=O)Nc2ccc(C#N)cc2)CC1=O. The number of halogens is 1. The fourth-order valence-electron chi connectivity index (χ4n) is 2.86. The quantitative estimate of drug-likeness (QED) is 0.897. The van der Waals surface area contributed by atoms with Gasteiger partial charge in [-0.25, -0.2) is 0 Å². The van der Waals surface area contributed by atoms with E-state index in [2.05, 4.69) is 5.32 Å². The maximum Gasteiger partial charge on any atom is 0.229 e. The first-order valence-electron chi connectivity index (χ1n) is 7.96. The molecule has 1 aliphatic heterocycles. The van der Waals surface area contributed by atoms with Crippen molar-refractivity contribution in [3.63, 3.8) is 0 Å². The summed E-state index contributed by atoms with van der Waals surface area (Å²) in [5.74, 6) is -0.366. The number of rotatable bonds is 4. The van der Waals surface area contributed by atoms with Crippen LogP contribution in [0, 0.1) is 17.2 Å². The Morgan fingerprint density at radius 1 is 1.31 bits per heavy atom. The number of benzene rings is 2. The van der Waals surface area contributed by atoms with E-state index in [1.54, 1.807) is 42.5 Å². The third kappa shape index (κ3) is 3.63. The lowest BCUT2D eigenvalue weighted by Gasteiger charge is -2.19. The van der Waals surface area contributed by atoms with E-state index >= 15 is 0 Å². The fraction of sp³-hybridized carbons (Fsp3) is 0.211. The summed E-state index contributed by atoms with van der Waals surface area (Å²) in [5.41, 5.74) is 1.65. The zero-order valence-corrected chi connectivity index (χ0v) is 14.8. The van der Waals surface area contributed by atoms with E-state index in [9.17, 15) is 9.59 Å². The van der Waals surface area contributed by atoms with E-state index in [4.69, 9.17) is 21.6 Å². The smallest absolute Gasteiger partial charge is 0.229 e. The van der Waals surface area contributed by atoms with Crippen molar-refractivity contribution >= 4 is 34.8 Å². The second-order valence-corrected chi connectivity index (χ2v) is 6.34. The number of ether oxygens (including phenoxy) is 1. The van der Waals surface area contributed by atoms with Gasteiger partial charge in [0.05, 0.1) is 30.3 Å². The second kappa shape index (κ2) is 7.46. The van der Waals surface area contributed by atoms with Gasteiger partial charge in [0.15, 0.2) is 0 Å². The van der Waals surface area contributed by atoms with Crippen molar-refractivity contribution in [1.29, 1.82) is 5.26 Å². The average Bonchev–Trinajstić information content (AvgIpc) is 3.04. The van der Waals surface area contributed by atoms with Crippen molar-refractivity contribution in [1.82, 2.24) is 0 Å². The molecule has 1 N–H and O–H groups in total. The molecule has 1 saturated heterocycles. The van der Waals surface area contributed by atoms with E-state index < -0.39 is 5.92 Å². The number of anilines is 2. The van der Waals surface area contributed by atoms with Gasteiger partial charge in [0.2, 0.25) is 11.8 Å². The number of nitrogens with one attached hydrogen (secondary N) is 1. The van der Waals surface area contributed by atoms with Crippen molar-refractivity contribution in [2.75, 3.05) is 23.9 Å². The lowest BCUT2D eigenvalue weighted by Crippen LogP contribution is -2.28. The van der Waals surface area contributed by atoms with Gasteiger partial charge in [0.1, 0.15) is 5.75 Å².